The maximum absolute atomic E-state index is 12.8. The minimum absolute atomic E-state index is 0.0353. The lowest BCUT2D eigenvalue weighted by Crippen LogP contribution is -2.34. The fourth-order valence-electron chi connectivity index (χ4n) is 3.38. The minimum Gasteiger partial charge on any atom is -0.504 e. The molecule has 0 radical (unpaired) electrons. The van der Waals surface area contributed by atoms with Crippen LogP contribution in [0.4, 0.5) is 5.69 Å². The van der Waals surface area contributed by atoms with E-state index in [1.165, 1.54) is 12.1 Å². The van der Waals surface area contributed by atoms with Crippen LogP contribution >= 0.6 is 11.6 Å². The van der Waals surface area contributed by atoms with Crippen molar-refractivity contribution in [3.05, 3.63) is 17.2 Å². The van der Waals surface area contributed by atoms with E-state index in [0.717, 1.165) is 25.9 Å². The summed E-state index contributed by atoms with van der Waals surface area (Å²) in [5.74, 6) is -0.422. The number of hydrogen-bond donors (Lipinski definition) is 2. The summed E-state index contributed by atoms with van der Waals surface area (Å²) >= 11 is 6.00. The lowest BCUT2D eigenvalue weighted by Gasteiger charge is -2.21. The molecule has 1 aromatic rings. The van der Waals surface area contributed by atoms with E-state index in [0.29, 0.717) is 6.42 Å². The second-order valence-corrected chi connectivity index (χ2v) is 7.94. The number of nitrogens with zero attached hydrogens (tertiary/aromatic N) is 1. The molecule has 110 valence electrons. The van der Waals surface area contributed by atoms with E-state index in [2.05, 4.69) is 4.90 Å². The second kappa shape index (κ2) is 4.79. The van der Waals surface area contributed by atoms with Gasteiger partial charge in [-0.15, -0.1) is 0 Å². The smallest absolute Gasteiger partial charge is 0.188 e. The molecule has 2 atom stereocenters. The van der Waals surface area contributed by atoms with Crippen LogP contribution in [0.5, 0.6) is 5.75 Å². The molecule has 0 aromatic heterocycles. The van der Waals surface area contributed by atoms with Crippen LogP contribution in [0.15, 0.2) is 17.0 Å². The molecule has 7 heteroatoms. The highest BCUT2D eigenvalue weighted by Gasteiger charge is 2.46. The SMILES string of the molecule is Nc1ccc(Cl)c(S(=O)(=O)[C@H]2CCN3CCCC23)c1O. The van der Waals surface area contributed by atoms with Gasteiger partial charge in [-0.05, 0) is 44.5 Å². The molecule has 0 spiro atoms. The molecule has 2 saturated heterocycles. The van der Waals surface area contributed by atoms with E-state index in [-0.39, 0.29) is 21.6 Å². The number of benzene rings is 1. The Morgan fingerprint density at radius 3 is 2.80 bits per heavy atom. The van der Waals surface area contributed by atoms with Gasteiger partial charge in [-0.25, -0.2) is 8.42 Å². The largest absolute Gasteiger partial charge is 0.504 e. The van der Waals surface area contributed by atoms with Gasteiger partial charge in [0.05, 0.1) is 16.0 Å². The summed E-state index contributed by atoms with van der Waals surface area (Å²) in [7, 11) is -3.68. The standard InChI is InChI=1S/C13H17ClN2O3S/c14-8-3-4-9(15)12(17)13(8)20(18,19)11-5-7-16-6-1-2-10(11)16/h3-4,10-11,17H,1-2,5-7,15H2/t10?,11-/m0/s1. The highest BCUT2D eigenvalue weighted by molar-refractivity contribution is 7.92. The van der Waals surface area contributed by atoms with Crippen molar-refractivity contribution >= 4 is 27.1 Å². The third-order valence-corrected chi connectivity index (χ3v) is 7.10. The lowest BCUT2D eigenvalue weighted by molar-refractivity contribution is 0.324. The van der Waals surface area contributed by atoms with Crippen LogP contribution in [0.3, 0.4) is 0 Å². The van der Waals surface area contributed by atoms with Crippen LogP contribution in [0, 0.1) is 0 Å². The van der Waals surface area contributed by atoms with Crippen molar-refractivity contribution in [2.45, 2.75) is 35.4 Å². The molecule has 1 aromatic carbocycles. The van der Waals surface area contributed by atoms with E-state index in [4.69, 9.17) is 17.3 Å². The molecule has 0 aliphatic carbocycles. The highest BCUT2D eigenvalue weighted by atomic mass is 35.5. The van der Waals surface area contributed by atoms with Crippen LogP contribution in [-0.4, -0.2) is 42.8 Å². The van der Waals surface area contributed by atoms with Crippen molar-refractivity contribution in [2.75, 3.05) is 18.8 Å². The first-order valence-corrected chi connectivity index (χ1v) is 8.60. The van der Waals surface area contributed by atoms with E-state index in [1.807, 2.05) is 0 Å². The van der Waals surface area contributed by atoms with Gasteiger partial charge in [0, 0.05) is 6.04 Å². The number of rotatable bonds is 2. The molecular formula is C13H17ClN2O3S. The first kappa shape index (κ1) is 14.0. The van der Waals surface area contributed by atoms with Crippen molar-refractivity contribution < 1.29 is 13.5 Å². The summed E-state index contributed by atoms with van der Waals surface area (Å²) in [6.45, 7) is 1.74. The third-order valence-electron chi connectivity index (χ3n) is 4.34. The topological polar surface area (TPSA) is 83.6 Å². The number of nitrogen functional groups attached to an aromatic ring is 1. The van der Waals surface area contributed by atoms with Gasteiger partial charge in [-0.1, -0.05) is 11.6 Å². The number of halogens is 1. The molecule has 20 heavy (non-hydrogen) atoms. The van der Waals surface area contributed by atoms with Crippen molar-refractivity contribution in [3.63, 3.8) is 0 Å². The first-order valence-electron chi connectivity index (χ1n) is 6.68. The van der Waals surface area contributed by atoms with Crippen molar-refractivity contribution in [1.29, 1.82) is 0 Å². The van der Waals surface area contributed by atoms with Gasteiger partial charge >= 0.3 is 0 Å². The van der Waals surface area contributed by atoms with E-state index in [9.17, 15) is 13.5 Å². The Hall–Kier alpha value is -0.980. The summed E-state index contributed by atoms with van der Waals surface area (Å²) in [5, 5.41) is 9.54. The monoisotopic (exact) mass is 316 g/mol. The number of anilines is 1. The van der Waals surface area contributed by atoms with Crippen molar-refractivity contribution in [1.82, 2.24) is 4.90 Å². The number of hydrogen-bond acceptors (Lipinski definition) is 5. The zero-order valence-electron chi connectivity index (χ0n) is 10.9. The van der Waals surface area contributed by atoms with Gasteiger partial charge < -0.3 is 10.8 Å². The summed E-state index contributed by atoms with van der Waals surface area (Å²) in [4.78, 5) is 2.00. The average molecular weight is 317 g/mol. The molecule has 0 bridgehead atoms. The lowest BCUT2D eigenvalue weighted by atomic mass is 10.1. The number of nitrogens with two attached hydrogens (primary N) is 1. The predicted octanol–water partition coefficient (Wildman–Crippen LogP) is 1.64. The Balaban J connectivity index is 2.07. The number of sulfone groups is 1. The maximum atomic E-state index is 12.8. The molecule has 0 amide bonds. The van der Waals surface area contributed by atoms with Crippen LogP contribution in [0.25, 0.3) is 0 Å². The molecule has 2 fully saturated rings. The molecule has 2 aliphatic rings. The molecule has 2 heterocycles. The van der Waals surface area contributed by atoms with Gasteiger partial charge in [0.25, 0.3) is 0 Å². The predicted molar refractivity (Wildman–Crippen MR) is 77.7 cm³/mol. The fourth-order valence-corrected chi connectivity index (χ4v) is 6.02. The molecule has 5 nitrogen and oxygen atoms in total. The Morgan fingerprint density at radius 2 is 2.05 bits per heavy atom. The Kier molecular flexibility index (Phi) is 3.35. The second-order valence-electron chi connectivity index (χ2n) is 5.43. The molecule has 3 rings (SSSR count). The summed E-state index contributed by atoms with van der Waals surface area (Å²) in [6, 6.07) is 2.87. The normalized spacial score (nSPS) is 26.9. The molecule has 1 unspecified atom stereocenters. The summed E-state index contributed by atoms with van der Waals surface area (Å²) in [6.07, 6.45) is 2.48. The zero-order valence-corrected chi connectivity index (χ0v) is 12.5. The van der Waals surface area contributed by atoms with Crippen molar-refractivity contribution in [3.8, 4) is 5.75 Å². The molecule has 3 N–H and O–H groups in total. The number of aromatic hydroxyl groups is 1. The summed E-state index contributed by atoms with van der Waals surface area (Å²) < 4.78 is 25.7. The number of phenolic OH excluding ortho intramolecular Hbond substituents is 1. The van der Waals surface area contributed by atoms with Crippen LogP contribution in [0.2, 0.25) is 5.02 Å². The van der Waals surface area contributed by atoms with E-state index < -0.39 is 20.8 Å². The van der Waals surface area contributed by atoms with E-state index in [1.54, 1.807) is 0 Å². The fraction of sp³-hybridized carbons (Fsp3) is 0.538. The van der Waals surface area contributed by atoms with Gasteiger partial charge in [0.15, 0.2) is 15.6 Å². The molecular weight excluding hydrogens is 300 g/mol. The highest BCUT2D eigenvalue weighted by Crippen LogP contribution is 2.42. The van der Waals surface area contributed by atoms with Crippen LogP contribution in [-0.2, 0) is 9.84 Å². The van der Waals surface area contributed by atoms with Crippen LogP contribution < -0.4 is 5.73 Å². The Labute approximate surface area is 123 Å². The van der Waals surface area contributed by atoms with E-state index >= 15 is 0 Å². The van der Waals surface area contributed by atoms with Gasteiger partial charge in [0.2, 0.25) is 0 Å². The van der Waals surface area contributed by atoms with Crippen molar-refractivity contribution in [2.24, 2.45) is 0 Å². The zero-order chi connectivity index (χ0) is 14.5. The quantitative estimate of drug-likeness (QED) is 0.640. The number of phenols is 1. The first-order chi connectivity index (χ1) is 9.43. The molecule has 0 saturated carbocycles. The number of fused-ring (bicyclic) bond motifs is 1. The van der Waals surface area contributed by atoms with Gasteiger partial charge in [-0.2, -0.15) is 0 Å². The van der Waals surface area contributed by atoms with Crippen LogP contribution in [0.1, 0.15) is 19.3 Å². The van der Waals surface area contributed by atoms with Gasteiger partial charge in [-0.3, -0.25) is 4.90 Å². The maximum Gasteiger partial charge on any atom is 0.188 e. The Morgan fingerprint density at radius 1 is 1.30 bits per heavy atom. The van der Waals surface area contributed by atoms with Gasteiger partial charge in [0.1, 0.15) is 4.90 Å². The third kappa shape index (κ3) is 1.98. The molecule has 2 aliphatic heterocycles. The Bertz CT molecular complexity index is 647. The average Bonchev–Trinajstić information content (AvgIpc) is 2.95. The summed E-state index contributed by atoms with van der Waals surface area (Å²) in [5.41, 5.74) is 5.64. The minimum atomic E-state index is -3.68.